The number of halogens is 1. The summed E-state index contributed by atoms with van der Waals surface area (Å²) in [6.45, 7) is 0.326. The van der Waals surface area contributed by atoms with E-state index >= 15 is 0 Å². The predicted octanol–water partition coefficient (Wildman–Crippen LogP) is 2.05. The van der Waals surface area contributed by atoms with Crippen molar-refractivity contribution in [1.29, 1.82) is 0 Å². The summed E-state index contributed by atoms with van der Waals surface area (Å²) in [6.07, 6.45) is 0.601. The topological polar surface area (TPSA) is 66.5 Å². The molecule has 5 nitrogen and oxygen atoms in total. The minimum absolute atomic E-state index is 0.123. The second-order valence-corrected chi connectivity index (χ2v) is 7.57. The predicted molar refractivity (Wildman–Crippen MR) is 89.8 cm³/mol. The van der Waals surface area contributed by atoms with E-state index in [0.29, 0.717) is 13.0 Å². The third-order valence-corrected chi connectivity index (χ3v) is 5.31. The first-order chi connectivity index (χ1) is 11.3. The van der Waals surface area contributed by atoms with Crippen LogP contribution >= 0.6 is 0 Å². The highest BCUT2D eigenvalue weighted by molar-refractivity contribution is 7.89. The van der Waals surface area contributed by atoms with Crippen molar-refractivity contribution in [3.8, 4) is 0 Å². The van der Waals surface area contributed by atoms with Crippen LogP contribution in [0, 0.1) is 5.82 Å². The molecule has 0 saturated heterocycles. The molecular formula is C17H19FN2O3S. The number of sulfonamides is 1. The van der Waals surface area contributed by atoms with Crippen molar-refractivity contribution < 1.29 is 17.6 Å². The Balaban J connectivity index is 2.11. The van der Waals surface area contributed by atoms with Gasteiger partial charge in [-0.25, -0.2) is 17.1 Å². The lowest BCUT2D eigenvalue weighted by atomic mass is 10.1. The minimum Gasteiger partial charge on any atom is -0.352 e. The molecule has 1 N–H and O–H groups in total. The zero-order chi connectivity index (χ0) is 17.7. The molecule has 0 aliphatic heterocycles. The lowest BCUT2D eigenvalue weighted by Gasteiger charge is -2.13. The average molecular weight is 350 g/mol. The van der Waals surface area contributed by atoms with Crippen molar-refractivity contribution in [2.75, 3.05) is 20.6 Å². The molecule has 1 amide bonds. The molecule has 2 rings (SSSR count). The Morgan fingerprint density at radius 1 is 1.12 bits per heavy atom. The summed E-state index contributed by atoms with van der Waals surface area (Å²) in [4.78, 5) is 12.0. The van der Waals surface area contributed by atoms with Gasteiger partial charge in [0, 0.05) is 20.6 Å². The molecule has 0 bridgehead atoms. The monoisotopic (exact) mass is 350 g/mol. The van der Waals surface area contributed by atoms with E-state index in [4.69, 9.17) is 0 Å². The molecule has 0 aliphatic rings. The number of hydrogen-bond acceptors (Lipinski definition) is 3. The summed E-state index contributed by atoms with van der Waals surface area (Å²) >= 11 is 0. The van der Waals surface area contributed by atoms with Gasteiger partial charge in [-0.05, 0) is 30.2 Å². The van der Waals surface area contributed by atoms with Crippen LogP contribution in [0.2, 0.25) is 0 Å². The SMILES string of the molecule is CN(C)S(=O)(=O)c1ccc(F)c(C(=O)NCCc2ccccc2)c1. The summed E-state index contributed by atoms with van der Waals surface area (Å²) in [7, 11) is -0.980. The van der Waals surface area contributed by atoms with Gasteiger partial charge < -0.3 is 5.32 Å². The molecule has 0 spiro atoms. The fourth-order valence-electron chi connectivity index (χ4n) is 2.11. The van der Waals surface area contributed by atoms with Crippen LogP contribution in [0.4, 0.5) is 4.39 Å². The first-order valence-corrected chi connectivity index (χ1v) is 8.80. The Labute approximate surface area is 141 Å². The van der Waals surface area contributed by atoms with E-state index in [-0.39, 0.29) is 10.5 Å². The minimum atomic E-state index is -3.73. The second kappa shape index (κ2) is 7.55. The summed E-state index contributed by atoms with van der Waals surface area (Å²) in [5, 5.41) is 2.61. The number of hydrogen-bond donors (Lipinski definition) is 1. The molecule has 24 heavy (non-hydrogen) atoms. The quantitative estimate of drug-likeness (QED) is 0.867. The fourth-order valence-corrected chi connectivity index (χ4v) is 3.04. The van der Waals surface area contributed by atoms with Crippen molar-refractivity contribution in [2.45, 2.75) is 11.3 Å². The summed E-state index contributed by atoms with van der Waals surface area (Å²) in [5.74, 6) is -1.40. The van der Waals surface area contributed by atoms with Gasteiger partial charge in [-0.2, -0.15) is 0 Å². The van der Waals surface area contributed by atoms with E-state index in [1.807, 2.05) is 30.3 Å². The van der Waals surface area contributed by atoms with Gasteiger partial charge in [0.25, 0.3) is 5.91 Å². The maximum absolute atomic E-state index is 13.9. The lowest BCUT2D eigenvalue weighted by Crippen LogP contribution is -2.27. The van der Waals surface area contributed by atoms with Gasteiger partial charge in [0.05, 0.1) is 10.5 Å². The van der Waals surface area contributed by atoms with E-state index < -0.39 is 21.7 Å². The third kappa shape index (κ3) is 4.18. The molecule has 0 radical (unpaired) electrons. The average Bonchev–Trinajstić information content (AvgIpc) is 2.55. The van der Waals surface area contributed by atoms with Gasteiger partial charge in [0.15, 0.2) is 0 Å². The van der Waals surface area contributed by atoms with Crippen molar-refractivity contribution >= 4 is 15.9 Å². The number of nitrogens with one attached hydrogen (secondary N) is 1. The van der Waals surface area contributed by atoms with Gasteiger partial charge in [-0.1, -0.05) is 30.3 Å². The van der Waals surface area contributed by atoms with Crippen LogP contribution in [0.15, 0.2) is 53.4 Å². The standard InChI is InChI=1S/C17H19FN2O3S/c1-20(2)24(22,23)14-8-9-16(18)15(12-14)17(21)19-11-10-13-6-4-3-5-7-13/h3-9,12H,10-11H2,1-2H3,(H,19,21). The van der Waals surface area contributed by atoms with Crippen LogP contribution in [0.25, 0.3) is 0 Å². The largest absolute Gasteiger partial charge is 0.352 e. The van der Waals surface area contributed by atoms with Crippen molar-refractivity contribution in [3.63, 3.8) is 0 Å². The van der Waals surface area contributed by atoms with Crippen LogP contribution in [-0.2, 0) is 16.4 Å². The number of rotatable bonds is 6. The Bertz CT molecular complexity index is 821. The molecule has 2 aromatic carbocycles. The molecular weight excluding hydrogens is 331 g/mol. The van der Waals surface area contributed by atoms with E-state index in [1.165, 1.54) is 14.1 Å². The molecule has 7 heteroatoms. The Hall–Kier alpha value is -2.25. The lowest BCUT2D eigenvalue weighted by molar-refractivity contribution is 0.0950. The van der Waals surface area contributed by atoms with Gasteiger partial charge in [0.1, 0.15) is 5.82 Å². The smallest absolute Gasteiger partial charge is 0.254 e. The first kappa shape index (κ1) is 18.1. The number of carbonyl (C=O) groups excluding carboxylic acids is 1. The number of benzene rings is 2. The second-order valence-electron chi connectivity index (χ2n) is 5.42. The van der Waals surface area contributed by atoms with E-state index in [1.54, 1.807) is 0 Å². The van der Waals surface area contributed by atoms with E-state index in [9.17, 15) is 17.6 Å². The molecule has 2 aromatic rings. The van der Waals surface area contributed by atoms with Gasteiger partial charge in [-0.15, -0.1) is 0 Å². The molecule has 0 unspecified atom stereocenters. The van der Waals surface area contributed by atoms with Crippen LogP contribution in [0.1, 0.15) is 15.9 Å². The van der Waals surface area contributed by atoms with Gasteiger partial charge >= 0.3 is 0 Å². The molecule has 0 saturated carbocycles. The van der Waals surface area contributed by atoms with Crippen molar-refractivity contribution in [3.05, 3.63) is 65.5 Å². The zero-order valence-corrected chi connectivity index (χ0v) is 14.3. The Morgan fingerprint density at radius 2 is 1.79 bits per heavy atom. The first-order valence-electron chi connectivity index (χ1n) is 7.36. The zero-order valence-electron chi connectivity index (χ0n) is 13.5. The Kier molecular flexibility index (Phi) is 5.69. The van der Waals surface area contributed by atoms with Crippen LogP contribution in [-0.4, -0.2) is 39.3 Å². The highest BCUT2D eigenvalue weighted by atomic mass is 32.2. The fraction of sp³-hybridized carbons (Fsp3) is 0.235. The summed E-state index contributed by atoms with van der Waals surface area (Å²) < 4.78 is 39.1. The maximum Gasteiger partial charge on any atom is 0.254 e. The Morgan fingerprint density at radius 3 is 2.42 bits per heavy atom. The van der Waals surface area contributed by atoms with Crippen LogP contribution in [0.3, 0.4) is 0 Å². The highest BCUT2D eigenvalue weighted by Gasteiger charge is 2.21. The van der Waals surface area contributed by atoms with E-state index in [0.717, 1.165) is 28.1 Å². The molecule has 0 fully saturated rings. The molecule has 0 atom stereocenters. The normalized spacial score (nSPS) is 11.5. The maximum atomic E-state index is 13.9. The molecule has 0 aliphatic carbocycles. The number of nitrogens with zero attached hydrogens (tertiary/aromatic N) is 1. The molecule has 128 valence electrons. The summed E-state index contributed by atoms with van der Waals surface area (Å²) in [5.41, 5.74) is 0.758. The van der Waals surface area contributed by atoms with E-state index in [2.05, 4.69) is 5.32 Å². The molecule has 0 heterocycles. The van der Waals surface area contributed by atoms with Crippen molar-refractivity contribution in [2.24, 2.45) is 0 Å². The summed E-state index contributed by atoms with van der Waals surface area (Å²) in [6, 6.07) is 12.7. The number of carbonyl (C=O) groups is 1. The van der Waals surface area contributed by atoms with Gasteiger partial charge in [-0.3, -0.25) is 4.79 Å². The molecule has 0 aromatic heterocycles. The van der Waals surface area contributed by atoms with Crippen molar-refractivity contribution in [1.82, 2.24) is 9.62 Å². The van der Waals surface area contributed by atoms with Crippen LogP contribution < -0.4 is 5.32 Å². The number of amides is 1. The highest BCUT2D eigenvalue weighted by Crippen LogP contribution is 2.17. The third-order valence-electron chi connectivity index (χ3n) is 3.50. The van der Waals surface area contributed by atoms with Crippen LogP contribution in [0.5, 0.6) is 0 Å². The van der Waals surface area contributed by atoms with Gasteiger partial charge in [0.2, 0.25) is 10.0 Å².